The molecule has 1 aliphatic heterocycles. The van der Waals surface area contributed by atoms with Gasteiger partial charge in [0.15, 0.2) is 0 Å². The zero-order valence-electron chi connectivity index (χ0n) is 20.4. The average Bonchev–Trinajstić information content (AvgIpc) is 3.40. The molecule has 0 saturated carbocycles. The zero-order chi connectivity index (χ0) is 24.9. The van der Waals surface area contributed by atoms with Crippen LogP contribution in [0.15, 0.2) is 79.3 Å². The number of aromatic nitrogens is 2. The van der Waals surface area contributed by atoms with Crippen molar-refractivity contribution in [3.05, 3.63) is 102 Å². The van der Waals surface area contributed by atoms with E-state index in [4.69, 9.17) is 4.74 Å². The van der Waals surface area contributed by atoms with E-state index in [-0.39, 0.29) is 11.8 Å². The topological polar surface area (TPSA) is 75.9 Å². The number of amides is 2. The molecule has 7 heteroatoms. The minimum absolute atomic E-state index is 0.0947. The number of benzene rings is 2. The number of carbonyl (C=O) groups is 2. The monoisotopic (exact) mass is 482 g/mol. The summed E-state index contributed by atoms with van der Waals surface area (Å²) in [5.74, 6) is 1.22. The molecular formula is C29H30N4O3. The summed E-state index contributed by atoms with van der Waals surface area (Å²) in [5.41, 5.74) is 4.70. The zero-order valence-corrected chi connectivity index (χ0v) is 20.4. The van der Waals surface area contributed by atoms with Crippen molar-refractivity contribution in [3.63, 3.8) is 0 Å². The summed E-state index contributed by atoms with van der Waals surface area (Å²) in [6, 6.07) is 19.5. The Hall–Kier alpha value is -4.13. The van der Waals surface area contributed by atoms with Gasteiger partial charge in [0, 0.05) is 43.8 Å². The van der Waals surface area contributed by atoms with Crippen LogP contribution in [0.25, 0.3) is 5.65 Å². The predicted molar refractivity (Wildman–Crippen MR) is 138 cm³/mol. The Balaban J connectivity index is 1.11. The third-order valence-electron chi connectivity index (χ3n) is 6.90. The number of likely N-dealkylation sites (tertiary alicyclic amines) is 1. The van der Waals surface area contributed by atoms with Crippen molar-refractivity contribution in [3.8, 4) is 5.75 Å². The summed E-state index contributed by atoms with van der Waals surface area (Å²) in [7, 11) is 1.63. The molecule has 2 amide bonds. The number of nitrogens with one attached hydrogen (secondary N) is 1. The number of nitrogens with zero attached hydrogens (tertiary/aromatic N) is 3. The van der Waals surface area contributed by atoms with Crippen LogP contribution in [0.2, 0.25) is 0 Å². The lowest BCUT2D eigenvalue weighted by Gasteiger charge is -2.32. The summed E-state index contributed by atoms with van der Waals surface area (Å²) in [5, 5.41) is 2.99. The second kappa shape index (κ2) is 10.6. The van der Waals surface area contributed by atoms with Gasteiger partial charge in [-0.1, -0.05) is 24.3 Å². The van der Waals surface area contributed by atoms with E-state index in [0.717, 1.165) is 48.5 Å². The third kappa shape index (κ3) is 5.40. The Kier molecular flexibility index (Phi) is 6.98. The van der Waals surface area contributed by atoms with E-state index in [2.05, 4.69) is 10.3 Å². The highest BCUT2D eigenvalue weighted by atomic mass is 16.5. The van der Waals surface area contributed by atoms with Gasteiger partial charge in [-0.05, 0) is 71.8 Å². The quantitative estimate of drug-likeness (QED) is 0.428. The van der Waals surface area contributed by atoms with Crippen LogP contribution in [0.5, 0.6) is 5.75 Å². The summed E-state index contributed by atoms with van der Waals surface area (Å²) < 4.78 is 7.20. The lowest BCUT2D eigenvalue weighted by Crippen LogP contribution is -2.38. The number of hydrogen-bond donors (Lipinski definition) is 1. The van der Waals surface area contributed by atoms with Gasteiger partial charge >= 0.3 is 0 Å². The molecular weight excluding hydrogens is 452 g/mol. The molecule has 2 aromatic heterocycles. The Morgan fingerprint density at radius 2 is 1.81 bits per heavy atom. The SMILES string of the molecule is COc1cccc(CC(=O)N2CCC(c3ccc(C(=O)NCc4ccn5ccnc5c4)cc3)CC2)c1. The highest BCUT2D eigenvalue weighted by molar-refractivity contribution is 5.94. The molecule has 0 aliphatic carbocycles. The molecule has 1 fully saturated rings. The van der Waals surface area contributed by atoms with Gasteiger partial charge in [0.05, 0.1) is 13.5 Å². The maximum Gasteiger partial charge on any atom is 0.251 e. The van der Waals surface area contributed by atoms with Crippen molar-refractivity contribution in [2.75, 3.05) is 20.2 Å². The Labute approximate surface area is 210 Å². The van der Waals surface area contributed by atoms with Crippen molar-refractivity contribution in [2.45, 2.75) is 31.7 Å². The molecule has 2 aromatic carbocycles. The molecule has 0 radical (unpaired) electrons. The number of fused-ring (bicyclic) bond motifs is 1. The largest absolute Gasteiger partial charge is 0.497 e. The molecule has 0 spiro atoms. The van der Waals surface area contributed by atoms with Crippen molar-refractivity contribution < 1.29 is 14.3 Å². The lowest BCUT2D eigenvalue weighted by molar-refractivity contribution is -0.131. The van der Waals surface area contributed by atoms with Gasteiger partial charge in [-0.2, -0.15) is 0 Å². The van der Waals surface area contributed by atoms with Crippen LogP contribution < -0.4 is 10.1 Å². The smallest absolute Gasteiger partial charge is 0.251 e. The van der Waals surface area contributed by atoms with Gasteiger partial charge in [-0.15, -0.1) is 0 Å². The first kappa shape index (κ1) is 23.6. The van der Waals surface area contributed by atoms with E-state index in [1.165, 1.54) is 5.56 Å². The maximum atomic E-state index is 12.8. The molecule has 4 aromatic rings. The van der Waals surface area contributed by atoms with Crippen molar-refractivity contribution in [2.24, 2.45) is 0 Å². The lowest BCUT2D eigenvalue weighted by atomic mass is 9.88. The first-order valence-electron chi connectivity index (χ1n) is 12.3. The molecule has 184 valence electrons. The van der Waals surface area contributed by atoms with E-state index in [1.54, 1.807) is 13.3 Å². The molecule has 5 rings (SSSR count). The number of hydrogen-bond acceptors (Lipinski definition) is 4. The van der Waals surface area contributed by atoms with Crippen LogP contribution in [0, 0.1) is 0 Å². The van der Waals surface area contributed by atoms with Crippen molar-refractivity contribution in [1.29, 1.82) is 0 Å². The summed E-state index contributed by atoms with van der Waals surface area (Å²) in [6.07, 6.45) is 7.82. The van der Waals surface area contributed by atoms with Crippen molar-refractivity contribution in [1.82, 2.24) is 19.6 Å². The number of imidazole rings is 1. The van der Waals surface area contributed by atoms with Gasteiger partial charge in [-0.3, -0.25) is 9.59 Å². The normalized spacial score (nSPS) is 14.1. The molecule has 1 aliphatic rings. The Morgan fingerprint density at radius 1 is 1.00 bits per heavy atom. The fourth-order valence-electron chi connectivity index (χ4n) is 4.78. The summed E-state index contributed by atoms with van der Waals surface area (Å²) in [6.45, 7) is 1.94. The molecule has 0 atom stereocenters. The number of methoxy groups -OCH3 is 1. The summed E-state index contributed by atoms with van der Waals surface area (Å²) in [4.78, 5) is 31.7. The number of rotatable bonds is 7. The predicted octanol–water partition coefficient (Wildman–Crippen LogP) is 4.22. The van der Waals surface area contributed by atoms with E-state index in [1.807, 2.05) is 82.4 Å². The highest BCUT2D eigenvalue weighted by Crippen LogP contribution is 2.28. The van der Waals surface area contributed by atoms with E-state index < -0.39 is 0 Å². The van der Waals surface area contributed by atoms with Crippen LogP contribution in [-0.4, -0.2) is 46.3 Å². The Bertz CT molecular complexity index is 1350. The van der Waals surface area contributed by atoms with Gasteiger partial charge in [-0.25, -0.2) is 4.98 Å². The molecule has 1 N–H and O–H groups in total. The number of piperidine rings is 1. The minimum Gasteiger partial charge on any atom is -0.497 e. The molecule has 0 unspecified atom stereocenters. The average molecular weight is 483 g/mol. The van der Waals surface area contributed by atoms with Gasteiger partial charge in [0.1, 0.15) is 11.4 Å². The second-order valence-corrected chi connectivity index (χ2v) is 9.22. The van der Waals surface area contributed by atoms with Crippen LogP contribution >= 0.6 is 0 Å². The fraction of sp³-hybridized carbons (Fsp3) is 0.276. The minimum atomic E-state index is -0.0947. The van der Waals surface area contributed by atoms with Crippen LogP contribution in [-0.2, 0) is 17.8 Å². The van der Waals surface area contributed by atoms with E-state index in [0.29, 0.717) is 24.4 Å². The van der Waals surface area contributed by atoms with Gasteiger partial charge in [0.2, 0.25) is 5.91 Å². The standard InChI is InChI=1S/C29H30N4O3/c1-36-26-4-2-3-21(17-26)19-28(34)33-14-10-24(11-15-33)23-5-7-25(8-6-23)29(35)31-20-22-9-13-32-16-12-30-27(32)18-22/h2-9,12-13,16-18,24H,10-11,14-15,19-20H2,1H3,(H,31,35). The first-order chi connectivity index (χ1) is 17.6. The van der Waals surface area contributed by atoms with Gasteiger partial charge in [0.25, 0.3) is 5.91 Å². The van der Waals surface area contributed by atoms with Crippen LogP contribution in [0.3, 0.4) is 0 Å². The molecule has 7 nitrogen and oxygen atoms in total. The van der Waals surface area contributed by atoms with Crippen LogP contribution in [0.1, 0.15) is 45.8 Å². The fourth-order valence-corrected chi connectivity index (χ4v) is 4.78. The third-order valence-corrected chi connectivity index (χ3v) is 6.90. The number of ether oxygens (including phenoxy) is 1. The Morgan fingerprint density at radius 3 is 2.58 bits per heavy atom. The number of carbonyl (C=O) groups excluding carboxylic acids is 2. The second-order valence-electron chi connectivity index (χ2n) is 9.22. The van der Waals surface area contributed by atoms with E-state index in [9.17, 15) is 9.59 Å². The molecule has 0 bridgehead atoms. The van der Waals surface area contributed by atoms with E-state index >= 15 is 0 Å². The molecule has 3 heterocycles. The van der Waals surface area contributed by atoms with Crippen molar-refractivity contribution >= 4 is 17.5 Å². The number of pyridine rings is 1. The first-order valence-corrected chi connectivity index (χ1v) is 12.3. The molecule has 36 heavy (non-hydrogen) atoms. The van der Waals surface area contributed by atoms with Crippen LogP contribution in [0.4, 0.5) is 0 Å². The highest BCUT2D eigenvalue weighted by Gasteiger charge is 2.24. The van der Waals surface area contributed by atoms with Gasteiger partial charge < -0.3 is 19.4 Å². The summed E-state index contributed by atoms with van der Waals surface area (Å²) >= 11 is 0. The molecule has 1 saturated heterocycles. The maximum absolute atomic E-state index is 12.8.